The highest BCUT2D eigenvalue weighted by Crippen LogP contribution is 2.37. The van der Waals surface area contributed by atoms with Gasteiger partial charge in [-0.15, -0.1) is 0 Å². The Morgan fingerprint density at radius 1 is 0.958 bits per heavy atom. The van der Waals surface area contributed by atoms with E-state index in [-0.39, 0.29) is 28.9 Å². The molecule has 2 aromatic rings. The Morgan fingerprint density at radius 2 is 1.60 bits per heavy atom. The van der Waals surface area contributed by atoms with E-state index in [2.05, 4.69) is 48.6 Å². The van der Waals surface area contributed by atoms with E-state index in [4.69, 9.17) is 9.47 Å². The number of nitrogens with one attached hydrogen (secondary N) is 2. The number of piperidine rings is 3. The quantitative estimate of drug-likeness (QED) is 0.324. The van der Waals surface area contributed by atoms with E-state index in [9.17, 15) is 14.4 Å². The molecule has 6 rings (SSSR count). The summed E-state index contributed by atoms with van der Waals surface area (Å²) in [4.78, 5) is 44.9. The number of benzene rings is 2. The molecule has 0 bridgehead atoms. The Kier molecular flexibility index (Phi) is 11.3. The molecular weight excluding hydrogens is 742 g/mol. The van der Waals surface area contributed by atoms with Crippen LogP contribution >= 0.6 is 31.9 Å². The predicted molar refractivity (Wildman–Crippen MR) is 192 cm³/mol. The van der Waals surface area contributed by atoms with Crippen LogP contribution in [0, 0.1) is 11.8 Å². The molecule has 3 fully saturated rings. The fourth-order valence-corrected chi connectivity index (χ4v) is 9.73. The van der Waals surface area contributed by atoms with E-state index in [1.165, 1.54) is 12.8 Å². The van der Waals surface area contributed by atoms with Gasteiger partial charge in [-0.1, -0.05) is 18.2 Å². The topological polar surface area (TPSA) is 100 Å². The molecule has 2 aromatic carbocycles. The zero-order chi connectivity index (χ0) is 33.8. The lowest BCUT2D eigenvalue weighted by Gasteiger charge is -2.42. The van der Waals surface area contributed by atoms with Crippen molar-refractivity contribution in [1.29, 1.82) is 0 Å². The third-order valence-corrected chi connectivity index (χ3v) is 12.3. The van der Waals surface area contributed by atoms with E-state index >= 15 is 0 Å². The summed E-state index contributed by atoms with van der Waals surface area (Å²) in [5, 5.41) is 6.53. The number of rotatable bonds is 7. The van der Waals surface area contributed by atoms with Gasteiger partial charge < -0.3 is 29.9 Å². The molecule has 0 saturated carbocycles. The lowest BCUT2D eigenvalue weighted by atomic mass is 9.78. The number of likely N-dealkylation sites (tertiary alicyclic amines) is 2. The van der Waals surface area contributed by atoms with Crippen molar-refractivity contribution in [3.63, 3.8) is 0 Å². The van der Waals surface area contributed by atoms with Gasteiger partial charge in [0.2, 0.25) is 6.10 Å². The van der Waals surface area contributed by atoms with Gasteiger partial charge in [0.05, 0.1) is 36.2 Å². The number of anilines is 1. The lowest BCUT2D eigenvalue weighted by molar-refractivity contribution is -0.843. The highest BCUT2D eigenvalue weighted by molar-refractivity contribution is 9.11. The first kappa shape index (κ1) is 35.2. The summed E-state index contributed by atoms with van der Waals surface area (Å²) in [7, 11) is 3.62. The number of quaternary nitrogens is 1. The highest BCUT2D eigenvalue weighted by Gasteiger charge is 2.45. The molecule has 1 atom stereocenters. The molecule has 0 aliphatic carbocycles. The van der Waals surface area contributed by atoms with Gasteiger partial charge in [0.25, 0.3) is 0 Å². The van der Waals surface area contributed by atoms with Gasteiger partial charge >= 0.3 is 18.0 Å². The molecule has 48 heavy (non-hydrogen) atoms. The van der Waals surface area contributed by atoms with Crippen LogP contribution in [0.25, 0.3) is 0 Å². The van der Waals surface area contributed by atoms with Crippen LogP contribution in [-0.4, -0.2) is 104 Å². The molecule has 4 heterocycles. The first-order valence-electron chi connectivity index (χ1n) is 17.4. The largest absolute Gasteiger partial charge is 0.494 e. The maximum atomic E-state index is 14.4. The van der Waals surface area contributed by atoms with E-state index < -0.39 is 12.2 Å². The van der Waals surface area contributed by atoms with E-state index in [0.29, 0.717) is 44.1 Å². The third-order valence-electron chi connectivity index (χ3n) is 11.1. The van der Waals surface area contributed by atoms with Gasteiger partial charge in [-0.2, -0.15) is 0 Å². The number of halogens is 2. The number of hydrogen-bond donors (Lipinski definition) is 2. The SMILES string of the molecule is COc1c(Br)cc(C[C@@H](OC(=O)N2CCC(N3CCc4ccccc4NC3=O)CC2)C(=O)[N+]2(C)CCC(C3CCNCC3)CC2)cc1Br. The number of para-hydroxylation sites is 1. The van der Waals surface area contributed by atoms with Crippen molar-refractivity contribution in [2.75, 3.05) is 65.3 Å². The van der Waals surface area contributed by atoms with Crippen molar-refractivity contribution >= 4 is 55.6 Å². The highest BCUT2D eigenvalue weighted by atomic mass is 79.9. The van der Waals surface area contributed by atoms with Gasteiger partial charge in [0.1, 0.15) is 5.75 Å². The minimum absolute atomic E-state index is 0.0282. The molecule has 2 N–H and O–H groups in total. The molecule has 0 unspecified atom stereocenters. The minimum Gasteiger partial charge on any atom is -0.494 e. The first-order valence-corrected chi connectivity index (χ1v) is 19.0. The number of likely N-dealkylation sites (N-methyl/N-ethyl adjacent to an activating group) is 1. The summed E-state index contributed by atoms with van der Waals surface area (Å²) in [6.07, 6.45) is 5.39. The fourth-order valence-electron chi connectivity index (χ4n) is 8.13. The molecular formula is C36H48Br2N5O5+. The number of fused-ring (bicyclic) bond motifs is 1. The molecule has 10 nitrogen and oxygen atoms in total. The number of methoxy groups -OCH3 is 1. The number of hydrogen-bond acceptors (Lipinski definition) is 6. The monoisotopic (exact) mass is 788 g/mol. The van der Waals surface area contributed by atoms with Crippen LogP contribution < -0.4 is 15.4 Å². The van der Waals surface area contributed by atoms with Crippen LogP contribution in [0.5, 0.6) is 5.75 Å². The van der Waals surface area contributed by atoms with Crippen LogP contribution in [-0.2, 0) is 22.4 Å². The minimum atomic E-state index is -0.933. The zero-order valence-corrected chi connectivity index (χ0v) is 31.2. The van der Waals surface area contributed by atoms with E-state index in [0.717, 1.165) is 77.1 Å². The number of nitrogens with zero attached hydrogens (tertiary/aromatic N) is 3. The Bertz CT molecular complexity index is 1460. The standard InChI is InChI=1S/C36H47Br2N5O5/c1-43(19-12-26(13-20-43)25-7-14-39-15-8-25)34(44)32(23-24-21-29(37)33(47-2)30(38)22-24)48-36(46)41-16-10-28(11-17-41)42-18-9-27-5-3-4-6-31(27)40-35(42)45/h3-6,21-22,25-26,28,32,39H,7-20,23H2,1-2H3/p+1/t26?,32-,43?/m1/s1. The maximum Gasteiger partial charge on any atom is 0.410 e. The second kappa shape index (κ2) is 15.5. The number of carbonyl (C=O) groups excluding carboxylic acids is 3. The van der Waals surface area contributed by atoms with Crippen LogP contribution in [0.2, 0.25) is 0 Å². The van der Waals surface area contributed by atoms with Gasteiger partial charge in [0.15, 0.2) is 0 Å². The van der Waals surface area contributed by atoms with Gasteiger partial charge in [-0.05, 0) is 118 Å². The molecule has 4 amide bonds. The Hall–Kier alpha value is -2.67. The summed E-state index contributed by atoms with van der Waals surface area (Å²) in [5.74, 6) is 1.98. The number of ether oxygens (including phenoxy) is 2. The van der Waals surface area contributed by atoms with Crippen molar-refractivity contribution < 1.29 is 28.3 Å². The van der Waals surface area contributed by atoms with E-state index in [1.54, 1.807) is 12.0 Å². The molecule has 12 heteroatoms. The smallest absolute Gasteiger partial charge is 0.410 e. The van der Waals surface area contributed by atoms with Crippen molar-refractivity contribution in [3.8, 4) is 5.75 Å². The van der Waals surface area contributed by atoms with Crippen LogP contribution in [0.15, 0.2) is 45.3 Å². The first-order chi connectivity index (χ1) is 23.1. The number of urea groups is 1. The molecule has 4 aliphatic heterocycles. The van der Waals surface area contributed by atoms with Gasteiger partial charge in [0, 0.05) is 50.6 Å². The van der Waals surface area contributed by atoms with Crippen molar-refractivity contribution in [3.05, 3.63) is 56.5 Å². The van der Waals surface area contributed by atoms with E-state index in [1.807, 2.05) is 42.3 Å². The maximum absolute atomic E-state index is 14.4. The summed E-state index contributed by atoms with van der Waals surface area (Å²) in [6.45, 7) is 5.23. The lowest BCUT2D eigenvalue weighted by Crippen LogP contribution is -2.59. The summed E-state index contributed by atoms with van der Waals surface area (Å²) >= 11 is 7.18. The molecule has 0 aromatic heterocycles. The normalized spacial score (nSPS) is 24.7. The molecule has 3 saturated heterocycles. The zero-order valence-electron chi connectivity index (χ0n) is 28.0. The Morgan fingerprint density at radius 3 is 2.27 bits per heavy atom. The van der Waals surface area contributed by atoms with Crippen LogP contribution in [0.1, 0.15) is 49.7 Å². The predicted octanol–water partition coefficient (Wildman–Crippen LogP) is 6.21. The average molecular weight is 791 g/mol. The van der Waals surface area contributed by atoms with Crippen LogP contribution in [0.3, 0.4) is 0 Å². The van der Waals surface area contributed by atoms with Crippen molar-refractivity contribution in [2.24, 2.45) is 11.8 Å². The molecule has 260 valence electrons. The second-order valence-corrected chi connectivity index (χ2v) is 15.7. The van der Waals surface area contributed by atoms with Gasteiger partial charge in [-0.3, -0.25) is 4.48 Å². The fraction of sp³-hybridized carbons (Fsp3) is 0.583. The summed E-state index contributed by atoms with van der Waals surface area (Å²) < 4.78 is 13.5. The molecule has 4 aliphatic rings. The molecule has 0 spiro atoms. The van der Waals surface area contributed by atoms with Crippen molar-refractivity contribution in [2.45, 2.75) is 63.5 Å². The van der Waals surface area contributed by atoms with Crippen LogP contribution in [0.4, 0.5) is 15.3 Å². The van der Waals surface area contributed by atoms with Crippen molar-refractivity contribution in [1.82, 2.24) is 15.1 Å². The Balaban J connectivity index is 1.12. The third kappa shape index (κ3) is 7.87. The second-order valence-electron chi connectivity index (χ2n) is 14.0. The number of amides is 4. The number of carbonyl (C=O) groups is 3. The average Bonchev–Trinajstić information content (AvgIpc) is 3.26. The summed E-state index contributed by atoms with van der Waals surface area (Å²) in [6, 6.07) is 11.7. The molecule has 0 radical (unpaired) electrons. The van der Waals surface area contributed by atoms with Gasteiger partial charge in [-0.25, -0.2) is 14.4 Å². The Labute approximate surface area is 300 Å². The summed E-state index contributed by atoms with van der Waals surface area (Å²) in [5.41, 5.74) is 2.86.